The summed E-state index contributed by atoms with van der Waals surface area (Å²) in [7, 11) is 0. The van der Waals surface area contributed by atoms with Crippen LogP contribution in [0.2, 0.25) is 0 Å². The van der Waals surface area contributed by atoms with Gasteiger partial charge in [-0.15, -0.1) is 13.2 Å². The van der Waals surface area contributed by atoms with Crippen LogP contribution in [-0.2, 0) is 6.54 Å². The molecular formula is C25H23F6NO2. The first kappa shape index (κ1) is 25.4. The topological polar surface area (TPSA) is 32.7 Å². The van der Waals surface area contributed by atoms with E-state index in [0.29, 0.717) is 11.3 Å². The van der Waals surface area contributed by atoms with Crippen molar-refractivity contribution < 1.29 is 36.2 Å². The monoisotopic (exact) mass is 483 g/mol. The molecule has 3 nitrogen and oxygen atoms in total. The van der Waals surface area contributed by atoms with Crippen LogP contribution in [0.15, 0.2) is 78.9 Å². The lowest BCUT2D eigenvalue weighted by atomic mass is 10.0. The van der Waals surface area contributed by atoms with Gasteiger partial charge in [0.25, 0.3) is 0 Å². The lowest BCUT2D eigenvalue weighted by Crippen LogP contribution is -2.30. The molecule has 0 aromatic heterocycles. The third-order valence-corrected chi connectivity index (χ3v) is 5.11. The standard InChI is InChI=1S/C25H23F6NO2/c26-24(27,28)23(33)13-6-14-32(17-18-7-4-12-22(15-18)34-25(29,30)31)21-11-5-10-20(16-21)19-8-2-1-3-9-19/h1-5,7-12,15-16,23,33H,6,13-14,17H2. The van der Waals surface area contributed by atoms with Gasteiger partial charge < -0.3 is 14.7 Å². The van der Waals surface area contributed by atoms with Crippen molar-refractivity contribution in [2.24, 2.45) is 0 Å². The minimum absolute atomic E-state index is 0.0228. The number of aliphatic hydroxyl groups excluding tert-OH is 1. The second-order valence-electron chi connectivity index (χ2n) is 7.73. The summed E-state index contributed by atoms with van der Waals surface area (Å²) in [6.45, 7) is 0.283. The summed E-state index contributed by atoms with van der Waals surface area (Å²) in [5.41, 5.74) is 3.00. The number of benzene rings is 3. The van der Waals surface area contributed by atoms with E-state index in [9.17, 15) is 31.4 Å². The molecule has 0 aliphatic carbocycles. The Labute approximate surface area is 193 Å². The Balaban J connectivity index is 1.84. The highest BCUT2D eigenvalue weighted by atomic mass is 19.4. The molecule has 0 spiro atoms. The number of hydrogen-bond acceptors (Lipinski definition) is 3. The fraction of sp³-hybridized carbons (Fsp3) is 0.280. The normalized spacial score (nSPS) is 12.9. The maximum atomic E-state index is 12.7. The number of rotatable bonds is 9. The molecule has 1 atom stereocenters. The molecule has 0 heterocycles. The van der Waals surface area contributed by atoms with E-state index in [1.54, 1.807) is 23.1 Å². The molecule has 0 aliphatic rings. The minimum atomic E-state index is -4.84. The summed E-state index contributed by atoms with van der Waals surface area (Å²) in [4.78, 5) is 1.77. The Hall–Kier alpha value is -3.20. The quantitative estimate of drug-likeness (QED) is 0.334. The predicted octanol–water partition coefficient (Wildman–Crippen LogP) is 6.96. The lowest BCUT2D eigenvalue weighted by molar-refractivity contribution is -0.274. The first-order valence-electron chi connectivity index (χ1n) is 10.5. The van der Waals surface area contributed by atoms with E-state index in [1.807, 2.05) is 42.5 Å². The van der Waals surface area contributed by atoms with Crippen LogP contribution >= 0.6 is 0 Å². The van der Waals surface area contributed by atoms with Crippen LogP contribution in [0.25, 0.3) is 11.1 Å². The summed E-state index contributed by atoms with van der Waals surface area (Å²) < 4.78 is 79.9. The highest BCUT2D eigenvalue weighted by Gasteiger charge is 2.37. The number of hydrogen-bond donors (Lipinski definition) is 1. The van der Waals surface area contributed by atoms with E-state index in [0.717, 1.165) is 11.1 Å². The number of anilines is 1. The first-order chi connectivity index (χ1) is 16.0. The number of aliphatic hydroxyl groups is 1. The molecule has 3 aromatic rings. The van der Waals surface area contributed by atoms with Crippen LogP contribution in [0.1, 0.15) is 18.4 Å². The molecule has 0 amide bonds. The van der Waals surface area contributed by atoms with Gasteiger partial charge in [0, 0.05) is 18.8 Å². The molecule has 0 radical (unpaired) electrons. The summed E-state index contributed by atoms with van der Waals surface area (Å²) in [6.07, 6.45) is -12.4. The predicted molar refractivity (Wildman–Crippen MR) is 117 cm³/mol. The summed E-state index contributed by atoms with van der Waals surface area (Å²) in [5.74, 6) is -0.379. The average Bonchev–Trinajstić information content (AvgIpc) is 2.77. The maximum Gasteiger partial charge on any atom is 0.573 e. The molecule has 1 unspecified atom stereocenters. The van der Waals surface area contributed by atoms with Gasteiger partial charge in [-0.3, -0.25) is 0 Å². The highest BCUT2D eigenvalue weighted by Crippen LogP contribution is 2.29. The Morgan fingerprint density at radius 1 is 0.794 bits per heavy atom. The van der Waals surface area contributed by atoms with Crippen molar-refractivity contribution in [3.05, 3.63) is 84.4 Å². The van der Waals surface area contributed by atoms with E-state index < -0.39 is 25.1 Å². The van der Waals surface area contributed by atoms with Gasteiger partial charge in [-0.2, -0.15) is 13.2 Å². The third-order valence-electron chi connectivity index (χ3n) is 5.11. The van der Waals surface area contributed by atoms with Crippen LogP contribution in [0, 0.1) is 0 Å². The zero-order chi connectivity index (χ0) is 24.8. The van der Waals surface area contributed by atoms with Crippen molar-refractivity contribution in [1.29, 1.82) is 0 Å². The number of ether oxygens (including phenoxy) is 1. The highest BCUT2D eigenvalue weighted by molar-refractivity contribution is 5.68. The molecule has 0 bridgehead atoms. The lowest BCUT2D eigenvalue weighted by Gasteiger charge is -2.27. The fourth-order valence-corrected chi connectivity index (χ4v) is 3.51. The van der Waals surface area contributed by atoms with Crippen molar-refractivity contribution >= 4 is 5.69 Å². The van der Waals surface area contributed by atoms with Gasteiger partial charge in [-0.05, 0) is 53.8 Å². The van der Waals surface area contributed by atoms with E-state index in [4.69, 9.17) is 0 Å². The van der Waals surface area contributed by atoms with Crippen molar-refractivity contribution in [2.45, 2.75) is 38.0 Å². The zero-order valence-corrected chi connectivity index (χ0v) is 18.0. The molecule has 3 aromatic carbocycles. The molecule has 182 valence electrons. The van der Waals surface area contributed by atoms with Gasteiger partial charge in [0.15, 0.2) is 0 Å². The SMILES string of the molecule is OC(CCCN(Cc1cccc(OC(F)(F)F)c1)c1cccc(-c2ccccc2)c1)C(F)(F)F. The molecule has 34 heavy (non-hydrogen) atoms. The number of halogens is 6. The van der Waals surface area contributed by atoms with Crippen LogP contribution in [-0.4, -0.2) is 30.3 Å². The van der Waals surface area contributed by atoms with Crippen molar-refractivity contribution in [3.63, 3.8) is 0 Å². The van der Waals surface area contributed by atoms with Gasteiger partial charge in [0.1, 0.15) is 11.9 Å². The van der Waals surface area contributed by atoms with E-state index in [-0.39, 0.29) is 25.3 Å². The summed E-state index contributed by atoms with van der Waals surface area (Å²) in [6, 6.07) is 22.3. The van der Waals surface area contributed by atoms with Gasteiger partial charge in [-0.1, -0.05) is 54.6 Å². The summed E-state index contributed by atoms with van der Waals surface area (Å²) in [5, 5.41) is 9.33. The Morgan fingerprint density at radius 3 is 2.15 bits per heavy atom. The largest absolute Gasteiger partial charge is 0.573 e. The van der Waals surface area contributed by atoms with Crippen molar-refractivity contribution in [1.82, 2.24) is 0 Å². The summed E-state index contributed by atoms with van der Waals surface area (Å²) >= 11 is 0. The average molecular weight is 483 g/mol. The smallest absolute Gasteiger partial charge is 0.406 e. The Bertz CT molecular complexity index is 1050. The fourth-order valence-electron chi connectivity index (χ4n) is 3.51. The third kappa shape index (κ3) is 7.69. The van der Waals surface area contributed by atoms with Gasteiger partial charge in [-0.25, -0.2) is 0 Å². The van der Waals surface area contributed by atoms with Crippen molar-refractivity contribution in [3.8, 4) is 16.9 Å². The molecule has 0 saturated heterocycles. The van der Waals surface area contributed by atoms with Gasteiger partial charge in [0.05, 0.1) is 0 Å². The molecule has 0 aliphatic heterocycles. The Kier molecular flexibility index (Phi) is 8.09. The number of nitrogens with zero attached hydrogens (tertiary/aromatic N) is 1. The Morgan fingerprint density at radius 2 is 1.47 bits per heavy atom. The van der Waals surface area contributed by atoms with Crippen LogP contribution in [0.5, 0.6) is 5.75 Å². The van der Waals surface area contributed by atoms with Crippen molar-refractivity contribution in [2.75, 3.05) is 11.4 Å². The zero-order valence-electron chi connectivity index (χ0n) is 18.0. The first-order valence-corrected chi connectivity index (χ1v) is 10.5. The van der Waals surface area contributed by atoms with E-state index >= 15 is 0 Å². The van der Waals surface area contributed by atoms with Crippen LogP contribution in [0.3, 0.4) is 0 Å². The van der Waals surface area contributed by atoms with Crippen LogP contribution in [0.4, 0.5) is 32.0 Å². The molecule has 3 rings (SSSR count). The van der Waals surface area contributed by atoms with Crippen LogP contribution < -0.4 is 9.64 Å². The van der Waals surface area contributed by atoms with Gasteiger partial charge >= 0.3 is 12.5 Å². The minimum Gasteiger partial charge on any atom is -0.406 e. The van der Waals surface area contributed by atoms with E-state index in [1.165, 1.54) is 18.2 Å². The molecule has 1 N–H and O–H groups in total. The molecule has 9 heteroatoms. The molecule has 0 fully saturated rings. The molecule has 0 saturated carbocycles. The van der Waals surface area contributed by atoms with E-state index in [2.05, 4.69) is 4.74 Å². The molecular weight excluding hydrogens is 460 g/mol. The van der Waals surface area contributed by atoms with Gasteiger partial charge in [0.2, 0.25) is 0 Å². The second kappa shape index (κ2) is 10.8. The second-order valence-corrected chi connectivity index (χ2v) is 7.73. The number of alkyl halides is 6. The maximum absolute atomic E-state index is 12.7.